The van der Waals surface area contributed by atoms with Gasteiger partial charge in [-0.1, -0.05) is 17.7 Å². The Morgan fingerprint density at radius 1 is 1.30 bits per heavy atom. The highest BCUT2D eigenvalue weighted by Gasteiger charge is 2.32. The van der Waals surface area contributed by atoms with Crippen LogP contribution >= 0.6 is 11.6 Å². The van der Waals surface area contributed by atoms with E-state index < -0.39 is 17.7 Å². The zero-order valence-corrected chi connectivity index (χ0v) is 11.8. The van der Waals surface area contributed by atoms with Crippen molar-refractivity contribution in [3.8, 4) is 5.75 Å². The van der Waals surface area contributed by atoms with Gasteiger partial charge in [0, 0.05) is 6.42 Å². The Bertz CT molecular complexity index is 922. The van der Waals surface area contributed by atoms with E-state index in [0.29, 0.717) is 5.56 Å². The number of halogens is 4. The molecule has 0 saturated heterocycles. The summed E-state index contributed by atoms with van der Waals surface area (Å²) in [6.45, 7) is 0. The maximum Gasteiger partial charge on any atom is 0.573 e. The lowest BCUT2D eigenvalue weighted by molar-refractivity contribution is -0.274. The molecule has 7 nitrogen and oxygen atoms in total. The number of hydrogen-bond donors (Lipinski definition) is 1. The third-order valence-electron chi connectivity index (χ3n) is 2.80. The topological polar surface area (TPSA) is 93.9 Å². The summed E-state index contributed by atoms with van der Waals surface area (Å²) in [7, 11) is 0. The first-order valence-corrected chi connectivity index (χ1v) is 6.45. The molecule has 2 aromatic heterocycles. The molecule has 0 radical (unpaired) electrons. The van der Waals surface area contributed by atoms with Gasteiger partial charge in [0.25, 0.3) is 5.56 Å². The fraction of sp³-hybridized carbons (Fsp3) is 0.167. The molecule has 23 heavy (non-hydrogen) atoms. The number of rotatable bonds is 3. The SMILES string of the molecule is O=c1[nH]c2nonc2nc1Cc1ccc(OC(F)(F)F)c(Cl)c1. The molecule has 2 heterocycles. The average molecular weight is 347 g/mol. The van der Waals surface area contributed by atoms with Gasteiger partial charge in [0.1, 0.15) is 11.4 Å². The molecular weight excluding hydrogens is 341 g/mol. The van der Waals surface area contributed by atoms with E-state index in [4.69, 9.17) is 11.6 Å². The molecule has 0 fully saturated rings. The monoisotopic (exact) mass is 346 g/mol. The molecule has 1 aromatic carbocycles. The summed E-state index contributed by atoms with van der Waals surface area (Å²) in [6, 6.07) is 3.67. The number of alkyl halides is 3. The molecule has 0 unspecified atom stereocenters. The van der Waals surface area contributed by atoms with Gasteiger partial charge in [0.15, 0.2) is 0 Å². The van der Waals surface area contributed by atoms with E-state index in [2.05, 4.69) is 29.6 Å². The first kappa shape index (κ1) is 15.3. The summed E-state index contributed by atoms with van der Waals surface area (Å²) in [5.41, 5.74) is 0.264. The Hall–Kier alpha value is -2.62. The molecular formula is C12H6ClF3N4O3. The van der Waals surface area contributed by atoms with Crippen molar-refractivity contribution in [3.05, 3.63) is 44.8 Å². The smallest absolute Gasteiger partial charge is 0.404 e. The summed E-state index contributed by atoms with van der Waals surface area (Å²) < 4.78 is 44.7. The van der Waals surface area contributed by atoms with Crippen LogP contribution in [0.1, 0.15) is 11.3 Å². The normalized spacial score (nSPS) is 11.8. The van der Waals surface area contributed by atoms with Gasteiger partial charge in [-0.15, -0.1) is 13.2 Å². The Morgan fingerprint density at radius 3 is 2.78 bits per heavy atom. The standard InChI is InChI=1S/C12H6ClF3N4O3/c13-6-3-5(1-2-8(6)22-12(14,15)16)4-7-11(21)18-10-9(17-7)19-23-20-10/h1-3H,4H2,(H,18,20,21). The van der Waals surface area contributed by atoms with E-state index in [1.54, 1.807) is 0 Å². The van der Waals surface area contributed by atoms with Crippen LogP contribution in [0.25, 0.3) is 11.3 Å². The minimum atomic E-state index is -4.84. The highest BCUT2D eigenvalue weighted by molar-refractivity contribution is 6.32. The molecule has 0 saturated carbocycles. The van der Waals surface area contributed by atoms with Gasteiger partial charge in [-0.05, 0) is 28.0 Å². The van der Waals surface area contributed by atoms with Gasteiger partial charge in [-0.3, -0.25) is 9.78 Å². The number of H-pyrrole nitrogens is 1. The molecule has 0 aliphatic carbocycles. The first-order chi connectivity index (χ1) is 10.8. The summed E-state index contributed by atoms with van der Waals surface area (Å²) in [5, 5.41) is 6.70. The second kappa shape index (κ2) is 5.54. The van der Waals surface area contributed by atoms with E-state index in [1.165, 1.54) is 12.1 Å². The zero-order chi connectivity index (χ0) is 16.6. The van der Waals surface area contributed by atoms with Crippen molar-refractivity contribution in [1.82, 2.24) is 20.3 Å². The van der Waals surface area contributed by atoms with E-state index in [-0.39, 0.29) is 28.4 Å². The lowest BCUT2D eigenvalue weighted by Gasteiger charge is -2.11. The number of benzene rings is 1. The minimum Gasteiger partial charge on any atom is -0.404 e. The molecule has 0 aliphatic heterocycles. The van der Waals surface area contributed by atoms with Crippen molar-refractivity contribution in [2.75, 3.05) is 0 Å². The summed E-state index contributed by atoms with van der Waals surface area (Å²) in [6.07, 6.45) is -4.81. The van der Waals surface area contributed by atoms with Crippen molar-refractivity contribution in [2.45, 2.75) is 12.8 Å². The van der Waals surface area contributed by atoms with Gasteiger partial charge in [0.05, 0.1) is 5.02 Å². The van der Waals surface area contributed by atoms with Gasteiger partial charge in [-0.25, -0.2) is 9.61 Å². The first-order valence-electron chi connectivity index (χ1n) is 6.07. The van der Waals surface area contributed by atoms with Crippen LogP contribution in [-0.2, 0) is 6.42 Å². The molecule has 3 aromatic rings. The number of aromatic nitrogens is 4. The largest absolute Gasteiger partial charge is 0.573 e. The number of fused-ring (bicyclic) bond motifs is 1. The van der Waals surface area contributed by atoms with Gasteiger partial charge in [0.2, 0.25) is 11.3 Å². The molecule has 0 amide bonds. The van der Waals surface area contributed by atoms with E-state index in [1.807, 2.05) is 0 Å². The quantitative estimate of drug-likeness (QED) is 0.783. The van der Waals surface area contributed by atoms with Crippen molar-refractivity contribution < 1.29 is 22.5 Å². The van der Waals surface area contributed by atoms with Crippen LogP contribution in [0.2, 0.25) is 5.02 Å². The number of nitrogens with one attached hydrogen (secondary N) is 1. The maximum absolute atomic E-state index is 12.2. The number of nitrogens with zero attached hydrogens (tertiary/aromatic N) is 3. The predicted molar refractivity (Wildman–Crippen MR) is 71.2 cm³/mol. The van der Waals surface area contributed by atoms with Crippen LogP contribution in [0.15, 0.2) is 27.6 Å². The fourth-order valence-electron chi connectivity index (χ4n) is 1.87. The second-order valence-electron chi connectivity index (χ2n) is 4.44. The average Bonchev–Trinajstić information content (AvgIpc) is 2.88. The Morgan fingerprint density at radius 2 is 2.09 bits per heavy atom. The molecule has 11 heteroatoms. The van der Waals surface area contributed by atoms with Crippen molar-refractivity contribution in [2.24, 2.45) is 0 Å². The van der Waals surface area contributed by atoms with Gasteiger partial charge < -0.3 is 4.74 Å². The molecule has 0 atom stereocenters. The lowest BCUT2D eigenvalue weighted by atomic mass is 10.1. The fourth-order valence-corrected chi connectivity index (χ4v) is 2.11. The van der Waals surface area contributed by atoms with Crippen LogP contribution in [0.3, 0.4) is 0 Å². The van der Waals surface area contributed by atoms with E-state index >= 15 is 0 Å². The van der Waals surface area contributed by atoms with Crippen molar-refractivity contribution in [1.29, 1.82) is 0 Å². The Labute approximate surface area is 130 Å². The van der Waals surface area contributed by atoms with Gasteiger partial charge in [-0.2, -0.15) is 0 Å². The highest BCUT2D eigenvalue weighted by atomic mass is 35.5. The third kappa shape index (κ3) is 3.42. The van der Waals surface area contributed by atoms with Crippen LogP contribution < -0.4 is 10.3 Å². The van der Waals surface area contributed by atoms with Crippen LogP contribution in [-0.4, -0.2) is 26.6 Å². The summed E-state index contributed by atoms with van der Waals surface area (Å²) in [5.74, 6) is -0.527. The zero-order valence-electron chi connectivity index (χ0n) is 11.0. The Balaban J connectivity index is 1.88. The maximum atomic E-state index is 12.2. The number of ether oxygens (including phenoxy) is 1. The van der Waals surface area contributed by atoms with E-state index in [0.717, 1.165) is 6.07 Å². The van der Waals surface area contributed by atoms with Gasteiger partial charge >= 0.3 is 6.36 Å². The predicted octanol–water partition coefficient (Wildman–Crippen LogP) is 2.45. The van der Waals surface area contributed by atoms with Crippen LogP contribution in [0.4, 0.5) is 13.2 Å². The molecule has 0 bridgehead atoms. The number of aromatic amines is 1. The molecule has 0 aliphatic rings. The lowest BCUT2D eigenvalue weighted by Crippen LogP contribution is -2.17. The molecule has 0 spiro atoms. The third-order valence-corrected chi connectivity index (χ3v) is 3.10. The Kier molecular flexibility index (Phi) is 3.68. The summed E-state index contributed by atoms with van der Waals surface area (Å²) in [4.78, 5) is 18.2. The second-order valence-corrected chi connectivity index (χ2v) is 4.85. The minimum absolute atomic E-state index is 0.0319. The highest BCUT2D eigenvalue weighted by Crippen LogP contribution is 2.31. The van der Waals surface area contributed by atoms with E-state index in [9.17, 15) is 18.0 Å². The molecule has 120 valence electrons. The van der Waals surface area contributed by atoms with Crippen LogP contribution in [0.5, 0.6) is 5.75 Å². The van der Waals surface area contributed by atoms with Crippen molar-refractivity contribution in [3.63, 3.8) is 0 Å². The molecule has 1 N–H and O–H groups in total. The van der Waals surface area contributed by atoms with Crippen molar-refractivity contribution >= 4 is 22.9 Å². The summed E-state index contributed by atoms with van der Waals surface area (Å²) >= 11 is 5.75. The number of hydrogen-bond acceptors (Lipinski definition) is 6. The molecule has 3 rings (SSSR count). The van der Waals surface area contributed by atoms with Crippen LogP contribution in [0, 0.1) is 0 Å².